The lowest BCUT2D eigenvalue weighted by Crippen LogP contribution is -2.58. The third-order valence-corrected chi connectivity index (χ3v) is 7.40. The summed E-state index contributed by atoms with van der Waals surface area (Å²) in [5.41, 5.74) is 6.28. The molecule has 0 radical (unpaired) electrons. The number of carbonyl (C=O) groups is 1. The monoisotopic (exact) mass is 442 g/mol. The predicted molar refractivity (Wildman–Crippen MR) is 115 cm³/mol. The second-order valence-electron chi connectivity index (χ2n) is 8.55. The summed E-state index contributed by atoms with van der Waals surface area (Å²) in [7, 11) is -1.35. The molecule has 0 amide bonds. The summed E-state index contributed by atoms with van der Waals surface area (Å²) in [6.45, 7) is 0.776. The van der Waals surface area contributed by atoms with Gasteiger partial charge in [-0.05, 0) is 62.0 Å². The number of hydrogen-bond acceptors (Lipinski definition) is 5. The fourth-order valence-electron chi connectivity index (χ4n) is 5.03. The average Bonchev–Trinajstić information content (AvgIpc) is 2.88. The van der Waals surface area contributed by atoms with E-state index in [2.05, 4.69) is 4.90 Å². The van der Waals surface area contributed by atoms with E-state index in [-0.39, 0.29) is 12.2 Å². The van der Waals surface area contributed by atoms with Crippen molar-refractivity contribution in [3.63, 3.8) is 0 Å². The van der Waals surface area contributed by atoms with Crippen LogP contribution in [0.3, 0.4) is 0 Å². The van der Waals surface area contributed by atoms with Crippen LogP contribution < -0.4 is 5.73 Å². The van der Waals surface area contributed by atoms with Crippen molar-refractivity contribution in [3.05, 3.63) is 33.8 Å². The molecule has 6 nitrogen and oxygen atoms in total. The first-order valence-corrected chi connectivity index (χ1v) is 11.0. The summed E-state index contributed by atoms with van der Waals surface area (Å²) in [6.07, 6.45) is 5.34. The van der Waals surface area contributed by atoms with Crippen LogP contribution in [0.1, 0.15) is 50.5 Å². The summed E-state index contributed by atoms with van der Waals surface area (Å²) >= 11 is 12.2. The van der Waals surface area contributed by atoms with E-state index < -0.39 is 18.6 Å². The number of carboxylic acid groups (broad SMARTS) is 1. The van der Waals surface area contributed by atoms with E-state index in [1.807, 2.05) is 18.2 Å². The second kappa shape index (κ2) is 9.54. The molecule has 3 unspecified atom stereocenters. The molecule has 160 valence electrons. The van der Waals surface area contributed by atoms with Crippen LogP contribution >= 0.6 is 23.2 Å². The van der Waals surface area contributed by atoms with Gasteiger partial charge in [0.15, 0.2) is 0 Å². The second-order valence-corrected chi connectivity index (χ2v) is 9.36. The number of carboxylic acids is 1. The lowest BCUT2D eigenvalue weighted by molar-refractivity contribution is -0.147. The van der Waals surface area contributed by atoms with Crippen LogP contribution in [0.25, 0.3) is 0 Å². The Hall–Kier alpha value is -0.825. The maximum Gasteiger partial charge on any atom is 0.451 e. The van der Waals surface area contributed by atoms with Gasteiger partial charge in [0.1, 0.15) is 5.54 Å². The minimum Gasteiger partial charge on any atom is -0.480 e. The zero-order valence-corrected chi connectivity index (χ0v) is 17.9. The molecular weight excluding hydrogens is 414 g/mol. The van der Waals surface area contributed by atoms with E-state index in [1.54, 1.807) is 0 Å². The molecule has 0 saturated carbocycles. The molecule has 1 aromatic rings. The van der Waals surface area contributed by atoms with E-state index in [0.717, 1.165) is 37.8 Å². The molecule has 1 aromatic carbocycles. The SMILES string of the molecule is NC(CCCCB(O)O)(C(=O)O)C1CC2CCC(C1)N2Cc1ccc(Cl)c(Cl)c1. The molecule has 0 aromatic heterocycles. The molecule has 0 aliphatic carbocycles. The van der Waals surface area contributed by atoms with Gasteiger partial charge in [0, 0.05) is 18.6 Å². The van der Waals surface area contributed by atoms with Crippen LogP contribution in [0.4, 0.5) is 0 Å². The Morgan fingerprint density at radius 2 is 1.83 bits per heavy atom. The largest absolute Gasteiger partial charge is 0.480 e. The van der Waals surface area contributed by atoms with Gasteiger partial charge in [-0.1, -0.05) is 42.1 Å². The van der Waals surface area contributed by atoms with Crippen molar-refractivity contribution in [1.82, 2.24) is 4.90 Å². The van der Waals surface area contributed by atoms with Gasteiger partial charge in [-0.2, -0.15) is 0 Å². The molecule has 9 heteroatoms. The number of halogens is 2. The fraction of sp³-hybridized carbons (Fsp3) is 0.650. The molecule has 3 atom stereocenters. The summed E-state index contributed by atoms with van der Waals surface area (Å²) in [5, 5.41) is 28.9. The minimum absolute atomic E-state index is 0.0818. The molecule has 5 N–H and O–H groups in total. The molecule has 0 spiro atoms. The van der Waals surface area contributed by atoms with Gasteiger partial charge in [-0.25, -0.2) is 0 Å². The standard InChI is InChI=1S/C20H29BCl2N2O4/c22-17-6-3-13(9-18(17)23)12-25-15-4-5-16(25)11-14(10-15)20(24,19(26)27)7-1-2-8-21(28)29/h3,6,9,14-16,28-29H,1-2,4-5,7-8,10-12,24H2,(H,26,27). The topological polar surface area (TPSA) is 107 Å². The summed E-state index contributed by atoms with van der Waals surface area (Å²) in [5.74, 6) is -1.04. The number of nitrogens with two attached hydrogens (primary N) is 1. The Bertz CT molecular complexity index is 724. The maximum absolute atomic E-state index is 12.1. The van der Waals surface area contributed by atoms with Gasteiger partial charge >= 0.3 is 13.1 Å². The first kappa shape index (κ1) is 22.9. The summed E-state index contributed by atoms with van der Waals surface area (Å²) in [4.78, 5) is 14.5. The van der Waals surface area contributed by atoms with Crippen molar-refractivity contribution in [2.24, 2.45) is 11.7 Å². The third-order valence-electron chi connectivity index (χ3n) is 6.66. The normalized spacial score (nSPS) is 26.3. The van der Waals surface area contributed by atoms with Gasteiger partial charge < -0.3 is 20.9 Å². The van der Waals surface area contributed by atoms with Gasteiger partial charge in [0.05, 0.1) is 10.0 Å². The van der Waals surface area contributed by atoms with Crippen molar-refractivity contribution in [1.29, 1.82) is 0 Å². The van der Waals surface area contributed by atoms with Crippen molar-refractivity contribution >= 4 is 36.3 Å². The van der Waals surface area contributed by atoms with Crippen molar-refractivity contribution in [2.75, 3.05) is 0 Å². The Labute approximate surface area is 182 Å². The Morgan fingerprint density at radius 3 is 2.38 bits per heavy atom. The van der Waals surface area contributed by atoms with E-state index in [9.17, 15) is 9.90 Å². The zero-order chi connectivity index (χ0) is 21.2. The van der Waals surface area contributed by atoms with E-state index in [1.165, 1.54) is 0 Å². The summed E-state index contributed by atoms with van der Waals surface area (Å²) in [6, 6.07) is 6.33. The Balaban J connectivity index is 1.65. The number of unbranched alkanes of at least 4 members (excludes halogenated alkanes) is 1. The van der Waals surface area contributed by atoms with Crippen LogP contribution in [0.5, 0.6) is 0 Å². The zero-order valence-electron chi connectivity index (χ0n) is 16.4. The minimum atomic E-state index is -1.35. The first-order valence-electron chi connectivity index (χ1n) is 10.3. The van der Waals surface area contributed by atoms with Crippen molar-refractivity contribution < 1.29 is 19.9 Å². The molecule has 2 heterocycles. The molecule has 2 saturated heterocycles. The van der Waals surface area contributed by atoms with E-state index in [0.29, 0.717) is 41.4 Å². The molecule has 2 bridgehead atoms. The van der Waals surface area contributed by atoms with Crippen molar-refractivity contribution in [3.8, 4) is 0 Å². The summed E-state index contributed by atoms with van der Waals surface area (Å²) < 4.78 is 0. The lowest BCUT2D eigenvalue weighted by Gasteiger charge is -2.44. The lowest BCUT2D eigenvalue weighted by atomic mass is 9.72. The Kier molecular flexibility index (Phi) is 7.52. The number of piperidine rings is 1. The van der Waals surface area contributed by atoms with Crippen LogP contribution in [0.2, 0.25) is 16.4 Å². The quantitative estimate of drug-likeness (QED) is 0.345. The molecule has 3 rings (SSSR count). The van der Waals surface area contributed by atoms with Crippen LogP contribution in [0, 0.1) is 5.92 Å². The first-order chi connectivity index (χ1) is 13.7. The van der Waals surface area contributed by atoms with Gasteiger partial charge in [0.25, 0.3) is 0 Å². The number of rotatable bonds is 9. The average molecular weight is 443 g/mol. The number of nitrogens with zero attached hydrogens (tertiary/aromatic N) is 1. The van der Waals surface area contributed by atoms with Gasteiger partial charge in [0.2, 0.25) is 0 Å². The fourth-order valence-corrected chi connectivity index (χ4v) is 5.35. The molecular formula is C20H29BCl2N2O4. The highest BCUT2D eigenvalue weighted by Crippen LogP contribution is 2.44. The number of hydrogen-bond donors (Lipinski definition) is 4. The molecule has 2 aliphatic heterocycles. The molecule has 2 aliphatic rings. The molecule has 2 fully saturated rings. The highest BCUT2D eigenvalue weighted by atomic mass is 35.5. The Morgan fingerprint density at radius 1 is 1.17 bits per heavy atom. The number of benzene rings is 1. The maximum atomic E-state index is 12.1. The van der Waals surface area contributed by atoms with Crippen LogP contribution in [-0.2, 0) is 11.3 Å². The van der Waals surface area contributed by atoms with E-state index in [4.69, 9.17) is 39.0 Å². The van der Waals surface area contributed by atoms with Crippen LogP contribution in [-0.4, -0.2) is 50.8 Å². The van der Waals surface area contributed by atoms with E-state index >= 15 is 0 Å². The van der Waals surface area contributed by atoms with Crippen LogP contribution in [0.15, 0.2) is 18.2 Å². The third kappa shape index (κ3) is 5.27. The van der Waals surface area contributed by atoms with Crippen molar-refractivity contribution in [2.45, 2.75) is 75.4 Å². The van der Waals surface area contributed by atoms with Gasteiger partial charge in [-0.3, -0.25) is 9.69 Å². The highest BCUT2D eigenvalue weighted by Gasteiger charge is 2.50. The smallest absolute Gasteiger partial charge is 0.451 e. The highest BCUT2D eigenvalue weighted by molar-refractivity contribution is 6.42. The number of fused-ring (bicyclic) bond motifs is 2. The molecule has 29 heavy (non-hydrogen) atoms. The number of aliphatic carboxylic acids is 1. The predicted octanol–water partition coefficient (Wildman–Crippen LogP) is 3.16. The van der Waals surface area contributed by atoms with Gasteiger partial charge in [-0.15, -0.1) is 0 Å².